The van der Waals surface area contributed by atoms with E-state index in [4.69, 9.17) is 5.73 Å². The number of aromatic amines is 1. The second-order valence-electron chi connectivity index (χ2n) is 3.31. The maximum atomic E-state index is 5.70. The molecule has 0 aliphatic heterocycles. The largest absolute Gasteiger partial charge is 0.328 e. The lowest BCUT2D eigenvalue weighted by Gasteiger charge is -2.04. The molecule has 1 aromatic heterocycles. The van der Waals surface area contributed by atoms with Crippen molar-refractivity contribution >= 4 is 0 Å². The van der Waals surface area contributed by atoms with E-state index in [2.05, 4.69) is 17.1 Å². The summed E-state index contributed by atoms with van der Waals surface area (Å²) >= 11 is 0. The Morgan fingerprint density at radius 1 is 1.67 bits per heavy atom. The quantitative estimate of drug-likeness (QED) is 0.709. The van der Waals surface area contributed by atoms with Gasteiger partial charge in [-0.2, -0.15) is 5.10 Å². The molecule has 1 unspecified atom stereocenters. The van der Waals surface area contributed by atoms with E-state index < -0.39 is 0 Å². The molecule has 3 N–H and O–H groups in total. The van der Waals surface area contributed by atoms with Crippen LogP contribution in [0.2, 0.25) is 0 Å². The van der Waals surface area contributed by atoms with Crippen LogP contribution >= 0.6 is 0 Å². The van der Waals surface area contributed by atoms with E-state index in [1.165, 1.54) is 11.3 Å². The number of hydrogen-bond acceptors (Lipinski definition) is 2. The summed E-state index contributed by atoms with van der Waals surface area (Å²) in [5.41, 5.74) is 8.22. The zero-order chi connectivity index (χ0) is 8.97. The van der Waals surface area contributed by atoms with Crippen molar-refractivity contribution in [3.63, 3.8) is 0 Å². The van der Waals surface area contributed by atoms with Crippen molar-refractivity contribution in [2.45, 2.75) is 39.2 Å². The van der Waals surface area contributed by atoms with Crippen LogP contribution in [-0.2, 0) is 12.8 Å². The molecule has 0 fully saturated rings. The zero-order valence-electron chi connectivity index (χ0n) is 7.80. The Bertz CT molecular complexity index is 227. The number of nitrogens with two attached hydrogens (primary N) is 1. The number of H-pyrrole nitrogens is 1. The number of aromatic nitrogens is 2. The molecule has 1 aromatic rings. The van der Waals surface area contributed by atoms with Gasteiger partial charge in [0.25, 0.3) is 0 Å². The number of nitrogens with one attached hydrogen (secondary N) is 1. The molecule has 0 saturated carbocycles. The predicted octanol–water partition coefficient (Wildman–Crippen LogP) is 1.25. The van der Waals surface area contributed by atoms with E-state index in [1.807, 2.05) is 13.1 Å². The minimum Gasteiger partial charge on any atom is -0.328 e. The van der Waals surface area contributed by atoms with Gasteiger partial charge in [-0.1, -0.05) is 13.3 Å². The van der Waals surface area contributed by atoms with E-state index in [-0.39, 0.29) is 6.04 Å². The molecule has 68 valence electrons. The molecular formula is C9H17N3. The van der Waals surface area contributed by atoms with Crippen LogP contribution in [0, 0.1) is 0 Å². The third kappa shape index (κ3) is 2.34. The normalized spacial score (nSPS) is 13.2. The topological polar surface area (TPSA) is 54.7 Å². The smallest absolute Gasteiger partial charge is 0.0522 e. The van der Waals surface area contributed by atoms with E-state index in [9.17, 15) is 0 Å². The molecule has 0 radical (unpaired) electrons. The lowest BCUT2D eigenvalue weighted by atomic mass is 10.1. The van der Waals surface area contributed by atoms with E-state index in [0.29, 0.717) is 0 Å². The summed E-state index contributed by atoms with van der Waals surface area (Å²) in [6.45, 7) is 4.18. The van der Waals surface area contributed by atoms with Crippen LogP contribution in [-0.4, -0.2) is 16.2 Å². The van der Waals surface area contributed by atoms with Gasteiger partial charge < -0.3 is 5.73 Å². The fourth-order valence-corrected chi connectivity index (χ4v) is 1.32. The van der Waals surface area contributed by atoms with Gasteiger partial charge in [0.1, 0.15) is 0 Å². The molecule has 0 amide bonds. The SMILES string of the molecule is CCCc1cn[nH]c1CC(C)N. The summed E-state index contributed by atoms with van der Waals surface area (Å²) in [5.74, 6) is 0. The highest BCUT2D eigenvalue weighted by Gasteiger charge is 2.05. The molecule has 0 aliphatic carbocycles. The lowest BCUT2D eigenvalue weighted by Crippen LogP contribution is -2.18. The van der Waals surface area contributed by atoms with Crippen molar-refractivity contribution in [1.29, 1.82) is 0 Å². The Kier molecular flexibility index (Phi) is 3.29. The fraction of sp³-hybridized carbons (Fsp3) is 0.667. The van der Waals surface area contributed by atoms with Crippen molar-refractivity contribution in [2.75, 3.05) is 0 Å². The van der Waals surface area contributed by atoms with Crippen molar-refractivity contribution < 1.29 is 0 Å². The molecule has 0 bridgehead atoms. The van der Waals surface area contributed by atoms with Crippen LogP contribution < -0.4 is 5.73 Å². The van der Waals surface area contributed by atoms with Crippen molar-refractivity contribution in [3.8, 4) is 0 Å². The van der Waals surface area contributed by atoms with Crippen LogP contribution in [0.25, 0.3) is 0 Å². The average molecular weight is 167 g/mol. The Hall–Kier alpha value is -0.830. The minimum atomic E-state index is 0.209. The second-order valence-corrected chi connectivity index (χ2v) is 3.31. The first kappa shape index (κ1) is 9.26. The molecule has 1 atom stereocenters. The maximum absolute atomic E-state index is 5.70. The summed E-state index contributed by atoms with van der Waals surface area (Å²) in [6, 6.07) is 0.209. The van der Waals surface area contributed by atoms with Crippen LogP contribution in [0.3, 0.4) is 0 Å². The average Bonchev–Trinajstić information content (AvgIpc) is 2.37. The number of rotatable bonds is 4. The predicted molar refractivity (Wildman–Crippen MR) is 49.9 cm³/mol. The molecule has 0 saturated heterocycles. The van der Waals surface area contributed by atoms with Crippen molar-refractivity contribution in [3.05, 3.63) is 17.5 Å². The van der Waals surface area contributed by atoms with Gasteiger partial charge in [-0.25, -0.2) is 0 Å². The molecule has 12 heavy (non-hydrogen) atoms. The van der Waals surface area contributed by atoms with Crippen LogP contribution in [0.4, 0.5) is 0 Å². The molecule has 1 heterocycles. The molecule has 0 aromatic carbocycles. The minimum absolute atomic E-state index is 0.209. The van der Waals surface area contributed by atoms with Gasteiger partial charge in [-0.3, -0.25) is 5.10 Å². The van der Waals surface area contributed by atoms with Gasteiger partial charge in [0.2, 0.25) is 0 Å². The maximum Gasteiger partial charge on any atom is 0.0522 e. The van der Waals surface area contributed by atoms with Gasteiger partial charge in [0.15, 0.2) is 0 Å². The Morgan fingerprint density at radius 3 is 3.00 bits per heavy atom. The van der Waals surface area contributed by atoms with Crippen LogP contribution in [0.15, 0.2) is 6.20 Å². The lowest BCUT2D eigenvalue weighted by molar-refractivity contribution is 0.710. The number of hydrogen-bond donors (Lipinski definition) is 2. The summed E-state index contributed by atoms with van der Waals surface area (Å²) in [4.78, 5) is 0. The van der Waals surface area contributed by atoms with Gasteiger partial charge in [-0.05, 0) is 18.9 Å². The Morgan fingerprint density at radius 2 is 2.42 bits per heavy atom. The fourth-order valence-electron chi connectivity index (χ4n) is 1.32. The van der Waals surface area contributed by atoms with Gasteiger partial charge in [0.05, 0.1) is 6.20 Å². The summed E-state index contributed by atoms with van der Waals surface area (Å²) < 4.78 is 0. The highest BCUT2D eigenvalue weighted by Crippen LogP contribution is 2.08. The van der Waals surface area contributed by atoms with Crippen LogP contribution in [0.5, 0.6) is 0 Å². The number of nitrogens with zero attached hydrogens (tertiary/aromatic N) is 1. The first-order chi connectivity index (χ1) is 5.74. The molecule has 0 aliphatic rings. The third-order valence-electron chi connectivity index (χ3n) is 1.85. The van der Waals surface area contributed by atoms with E-state index in [0.717, 1.165) is 19.3 Å². The third-order valence-corrected chi connectivity index (χ3v) is 1.85. The molecular weight excluding hydrogens is 150 g/mol. The van der Waals surface area contributed by atoms with Crippen molar-refractivity contribution in [1.82, 2.24) is 10.2 Å². The van der Waals surface area contributed by atoms with E-state index >= 15 is 0 Å². The highest BCUT2D eigenvalue weighted by atomic mass is 15.1. The molecule has 1 rings (SSSR count). The first-order valence-electron chi connectivity index (χ1n) is 4.50. The zero-order valence-corrected chi connectivity index (χ0v) is 7.80. The van der Waals surface area contributed by atoms with Crippen molar-refractivity contribution in [2.24, 2.45) is 5.73 Å². The summed E-state index contributed by atoms with van der Waals surface area (Å²) in [5, 5.41) is 7.01. The molecule has 3 nitrogen and oxygen atoms in total. The standard InChI is InChI=1S/C9H17N3/c1-3-4-8-6-11-12-9(8)5-7(2)10/h6-7H,3-5,10H2,1-2H3,(H,11,12). The monoisotopic (exact) mass is 167 g/mol. The van der Waals surface area contributed by atoms with E-state index in [1.54, 1.807) is 0 Å². The number of aryl methyl sites for hydroxylation is 1. The van der Waals surface area contributed by atoms with Gasteiger partial charge in [0, 0.05) is 18.2 Å². The Balaban J connectivity index is 2.63. The van der Waals surface area contributed by atoms with Crippen LogP contribution in [0.1, 0.15) is 31.5 Å². The second kappa shape index (κ2) is 4.26. The van der Waals surface area contributed by atoms with Gasteiger partial charge in [-0.15, -0.1) is 0 Å². The highest BCUT2D eigenvalue weighted by molar-refractivity contribution is 5.17. The summed E-state index contributed by atoms with van der Waals surface area (Å²) in [7, 11) is 0. The Labute approximate surface area is 73.4 Å². The van der Waals surface area contributed by atoms with Gasteiger partial charge >= 0.3 is 0 Å². The summed E-state index contributed by atoms with van der Waals surface area (Å²) in [6.07, 6.45) is 5.06. The molecule has 0 spiro atoms. The molecule has 3 heteroatoms. The first-order valence-corrected chi connectivity index (χ1v) is 4.50.